The minimum Gasteiger partial charge on any atom is -0.374 e. The van der Waals surface area contributed by atoms with E-state index in [0.29, 0.717) is 12.6 Å². The maximum absolute atomic E-state index is 6.33. The van der Waals surface area contributed by atoms with Gasteiger partial charge in [0.15, 0.2) is 0 Å². The topological polar surface area (TPSA) is 38.5 Å². The van der Waals surface area contributed by atoms with Gasteiger partial charge in [-0.05, 0) is 25.5 Å². The maximum Gasteiger partial charge on any atom is 0.0894 e. The molecule has 0 aromatic heterocycles. The van der Waals surface area contributed by atoms with Crippen LogP contribution in [-0.2, 0) is 4.74 Å². The number of rotatable bonds is 3. The Bertz CT molecular complexity index is 397. The Balaban J connectivity index is 2.37. The summed E-state index contributed by atoms with van der Waals surface area (Å²) >= 11 is 6.33. The molecule has 1 fully saturated rings. The standard InChI is InChI=1S/C14H21ClN2O/c1-10(2)17-7-8-18-13(9-16)14(17)11-5-3-4-6-12(11)15/h3-6,10,13-14H,7-9,16H2,1-2H3. The first-order chi connectivity index (χ1) is 8.65. The zero-order valence-electron chi connectivity index (χ0n) is 11.0. The van der Waals surface area contributed by atoms with Crippen molar-refractivity contribution in [3.63, 3.8) is 0 Å². The lowest BCUT2D eigenvalue weighted by Gasteiger charge is -2.43. The SMILES string of the molecule is CC(C)N1CCOC(CN)C1c1ccccc1Cl. The van der Waals surface area contributed by atoms with Crippen molar-refractivity contribution in [1.29, 1.82) is 0 Å². The highest BCUT2D eigenvalue weighted by Crippen LogP contribution is 2.34. The van der Waals surface area contributed by atoms with Crippen LogP contribution in [0.4, 0.5) is 0 Å². The molecule has 1 saturated heterocycles. The van der Waals surface area contributed by atoms with E-state index in [1.807, 2.05) is 18.2 Å². The molecule has 3 nitrogen and oxygen atoms in total. The first-order valence-corrected chi connectivity index (χ1v) is 6.84. The van der Waals surface area contributed by atoms with Crippen LogP contribution in [0.1, 0.15) is 25.5 Å². The summed E-state index contributed by atoms with van der Waals surface area (Å²) in [5.74, 6) is 0. The van der Waals surface area contributed by atoms with Crippen molar-refractivity contribution in [2.75, 3.05) is 19.7 Å². The normalized spacial score (nSPS) is 25.6. The van der Waals surface area contributed by atoms with Crippen molar-refractivity contribution in [1.82, 2.24) is 4.90 Å². The van der Waals surface area contributed by atoms with Crippen molar-refractivity contribution in [3.05, 3.63) is 34.9 Å². The number of morpholine rings is 1. The second-order valence-corrected chi connectivity index (χ2v) is 5.35. The first-order valence-electron chi connectivity index (χ1n) is 6.47. The molecule has 0 bridgehead atoms. The van der Waals surface area contributed by atoms with Gasteiger partial charge < -0.3 is 10.5 Å². The van der Waals surface area contributed by atoms with Crippen LogP contribution in [0.15, 0.2) is 24.3 Å². The van der Waals surface area contributed by atoms with Crippen LogP contribution >= 0.6 is 11.6 Å². The van der Waals surface area contributed by atoms with Crippen LogP contribution < -0.4 is 5.73 Å². The van der Waals surface area contributed by atoms with Crippen LogP contribution in [0.2, 0.25) is 5.02 Å². The average Bonchev–Trinajstić information content (AvgIpc) is 2.38. The summed E-state index contributed by atoms with van der Waals surface area (Å²) in [5, 5.41) is 0.789. The summed E-state index contributed by atoms with van der Waals surface area (Å²) in [6.45, 7) is 6.57. The van der Waals surface area contributed by atoms with E-state index in [2.05, 4.69) is 24.8 Å². The molecule has 0 aliphatic carbocycles. The Morgan fingerprint density at radius 3 is 2.78 bits per heavy atom. The lowest BCUT2D eigenvalue weighted by atomic mass is 9.96. The largest absolute Gasteiger partial charge is 0.374 e. The predicted molar refractivity (Wildman–Crippen MR) is 74.8 cm³/mol. The molecule has 0 spiro atoms. The average molecular weight is 269 g/mol. The molecule has 1 aromatic carbocycles. The van der Waals surface area contributed by atoms with Gasteiger partial charge in [-0.2, -0.15) is 0 Å². The Kier molecular flexibility index (Phi) is 4.62. The molecule has 4 heteroatoms. The van der Waals surface area contributed by atoms with Crippen LogP contribution in [-0.4, -0.2) is 36.7 Å². The zero-order valence-corrected chi connectivity index (χ0v) is 11.7. The Hall–Kier alpha value is -0.610. The highest BCUT2D eigenvalue weighted by atomic mass is 35.5. The molecule has 1 aromatic rings. The molecular weight excluding hydrogens is 248 g/mol. The van der Waals surface area contributed by atoms with Gasteiger partial charge in [0.2, 0.25) is 0 Å². The Morgan fingerprint density at radius 2 is 2.17 bits per heavy atom. The van der Waals surface area contributed by atoms with Crippen molar-refractivity contribution < 1.29 is 4.74 Å². The third-order valence-corrected chi connectivity index (χ3v) is 3.85. The van der Waals surface area contributed by atoms with Gasteiger partial charge in [-0.3, -0.25) is 4.90 Å². The lowest BCUT2D eigenvalue weighted by Crippen LogP contribution is -2.50. The number of nitrogens with two attached hydrogens (primary N) is 1. The van der Waals surface area contributed by atoms with E-state index in [0.717, 1.165) is 23.7 Å². The summed E-state index contributed by atoms with van der Waals surface area (Å²) < 4.78 is 5.80. The molecule has 2 atom stereocenters. The van der Waals surface area contributed by atoms with E-state index in [-0.39, 0.29) is 12.1 Å². The predicted octanol–water partition coefficient (Wildman–Crippen LogP) is 2.45. The molecule has 0 saturated carbocycles. The van der Waals surface area contributed by atoms with E-state index in [1.165, 1.54) is 0 Å². The van der Waals surface area contributed by atoms with E-state index >= 15 is 0 Å². The van der Waals surface area contributed by atoms with Crippen LogP contribution in [0.5, 0.6) is 0 Å². The molecule has 1 aliphatic rings. The quantitative estimate of drug-likeness (QED) is 0.915. The molecule has 2 unspecified atom stereocenters. The van der Waals surface area contributed by atoms with Gasteiger partial charge in [0.25, 0.3) is 0 Å². The number of hydrogen-bond acceptors (Lipinski definition) is 3. The molecule has 0 radical (unpaired) electrons. The Labute approximate surface area is 114 Å². The minimum atomic E-state index is 0.0149. The van der Waals surface area contributed by atoms with Gasteiger partial charge in [-0.25, -0.2) is 0 Å². The zero-order chi connectivity index (χ0) is 13.1. The fraction of sp³-hybridized carbons (Fsp3) is 0.571. The second kappa shape index (κ2) is 6.02. The van der Waals surface area contributed by atoms with Gasteiger partial charge in [-0.1, -0.05) is 29.8 Å². The summed E-state index contributed by atoms with van der Waals surface area (Å²) in [6.07, 6.45) is 0.0149. The van der Waals surface area contributed by atoms with Gasteiger partial charge in [0.1, 0.15) is 0 Å². The fourth-order valence-corrected chi connectivity index (χ4v) is 2.87. The lowest BCUT2D eigenvalue weighted by molar-refractivity contribution is -0.0789. The smallest absolute Gasteiger partial charge is 0.0894 e. The van der Waals surface area contributed by atoms with Crippen molar-refractivity contribution in [2.24, 2.45) is 5.73 Å². The molecule has 1 heterocycles. The molecule has 100 valence electrons. The highest BCUT2D eigenvalue weighted by molar-refractivity contribution is 6.31. The van der Waals surface area contributed by atoms with Gasteiger partial charge >= 0.3 is 0 Å². The number of benzene rings is 1. The molecule has 2 rings (SSSR count). The van der Waals surface area contributed by atoms with Crippen LogP contribution in [0.25, 0.3) is 0 Å². The third kappa shape index (κ3) is 2.69. The second-order valence-electron chi connectivity index (χ2n) is 4.94. The Morgan fingerprint density at radius 1 is 1.44 bits per heavy atom. The van der Waals surface area contributed by atoms with Gasteiger partial charge in [0.05, 0.1) is 18.8 Å². The summed E-state index contributed by atoms with van der Waals surface area (Å²) in [5.41, 5.74) is 6.96. The molecular formula is C14H21ClN2O. The van der Waals surface area contributed by atoms with Crippen molar-refractivity contribution >= 4 is 11.6 Å². The third-order valence-electron chi connectivity index (χ3n) is 3.51. The summed E-state index contributed by atoms with van der Waals surface area (Å²) in [6, 6.07) is 8.56. The van der Waals surface area contributed by atoms with Crippen molar-refractivity contribution in [2.45, 2.75) is 32.0 Å². The van der Waals surface area contributed by atoms with Crippen molar-refractivity contribution in [3.8, 4) is 0 Å². The maximum atomic E-state index is 6.33. The molecule has 0 amide bonds. The van der Waals surface area contributed by atoms with E-state index in [4.69, 9.17) is 22.1 Å². The fourth-order valence-electron chi connectivity index (χ4n) is 2.62. The van der Waals surface area contributed by atoms with Crippen LogP contribution in [0.3, 0.4) is 0 Å². The summed E-state index contributed by atoms with van der Waals surface area (Å²) in [4.78, 5) is 2.42. The van der Waals surface area contributed by atoms with Crippen LogP contribution in [0, 0.1) is 0 Å². The molecule has 18 heavy (non-hydrogen) atoms. The first kappa shape index (κ1) is 13.8. The molecule has 2 N–H and O–H groups in total. The number of ether oxygens (including phenoxy) is 1. The van der Waals surface area contributed by atoms with Gasteiger partial charge in [-0.15, -0.1) is 0 Å². The number of nitrogens with zero attached hydrogens (tertiary/aromatic N) is 1. The summed E-state index contributed by atoms with van der Waals surface area (Å²) in [7, 11) is 0. The van der Waals surface area contributed by atoms with E-state index in [9.17, 15) is 0 Å². The molecule has 1 aliphatic heterocycles. The number of hydrogen-bond donors (Lipinski definition) is 1. The monoisotopic (exact) mass is 268 g/mol. The van der Waals surface area contributed by atoms with E-state index < -0.39 is 0 Å². The van der Waals surface area contributed by atoms with E-state index in [1.54, 1.807) is 0 Å². The minimum absolute atomic E-state index is 0.0149. The van der Waals surface area contributed by atoms with Gasteiger partial charge in [0, 0.05) is 24.2 Å². The highest BCUT2D eigenvalue weighted by Gasteiger charge is 2.35. The number of halogens is 1.